The number of carbonyl (C=O) groups excluding carboxylic acids is 1. The number of ether oxygens (including phenoxy) is 2. The van der Waals surface area contributed by atoms with Crippen molar-refractivity contribution < 1.29 is 23.0 Å². The van der Waals surface area contributed by atoms with Gasteiger partial charge in [-0.3, -0.25) is 4.79 Å². The van der Waals surface area contributed by atoms with E-state index in [0.29, 0.717) is 17.1 Å². The second-order valence-electron chi connectivity index (χ2n) is 5.70. The van der Waals surface area contributed by atoms with Crippen molar-refractivity contribution in [2.45, 2.75) is 13.5 Å². The number of benzene rings is 1. The highest BCUT2D eigenvalue weighted by molar-refractivity contribution is 6.01. The molecule has 0 aliphatic carbocycles. The lowest BCUT2D eigenvalue weighted by Crippen LogP contribution is -2.08. The van der Waals surface area contributed by atoms with Crippen molar-refractivity contribution in [2.24, 2.45) is 0 Å². The Labute approximate surface area is 165 Å². The standard InChI is InChI=1S/C20H18F2N4O3/c1-2-28-17-12-14(4-7-16(17)29-20(21)22)5-9-19(27)25-15-6-8-18(23-13-15)26-11-3-10-24-26/h3-13,20H,2H2,1H3,(H,25,27). The van der Waals surface area contributed by atoms with E-state index in [-0.39, 0.29) is 24.0 Å². The molecular weight excluding hydrogens is 382 g/mol. The highest BCUT2D eigenvalue weighted by atomic mass is 19.3. The third kappa shape index (κ3) is 5.61. The number of pyridine rings is 1. The molecule has 0 fully saturated rings. The van der Waals surface area contributed by atoms with Crippen LogP contribution in [0, 0.1) is 0 Å². The number of anilines is 1. The van der Waals surface area contributed by atoms with Gasteiger partial charge in [0.15, 0.2) is 17.3 Å². The van der Waals surface area contributed by atoms with E-state index in [1.165, 1.54) is 30.5 Å². The maximum absolute atomic E-state index is 12.5. The largest absolute Gasteiger partial charge is 0.490 e. The molecule has 0 radical (unpaired) electrons. The zero-order valence-electron chi connectivity index (χ0n) is 15.5. The van der Waals surface area contributed by atoms with Crippen molar-refractivity contribution in [3.8, 4) is 17.3 Å². The number of nitrogens with one attached hydrogen (secondary N) is 1. The number of hydrogen-bond acceptors (Lipinski definition) is 5. The molecular formula is C20H18F2N4O3. The summed E-state index contributed by atoms with van der Waals surface area (Å²) in [5.41, 5.74) is 1.11. The molecule has 0 aliphatic rings. The van der Waals surface area contributed by atoms with Crippen LogP contribution in [0.4, 0.5) is 14.5 Å². The van der Waals surface area contributed by atoms with Crippen molar-refractivity contribution in [1.29, 1.82) is 0 Å². The average molecular weight is 400 g/mol. The summed E-state index contributed by atoms with van der Waals surface area (Å²) in [6.07, 6.45) is 7.78. The van der Waals surface area contributed by atoms with Crippen LogP contribution < -0.4 is 14.8 Å². The molecule has 3 aromatic rings. The van der Waals surface area contributed by atoms with Gasteiger partial charge in [-0.15, -0.1) is 0 Å². The number of amides is 1. The van der Waals surface area contributed by atoms with Gasteiger partial charge in [0.1, 0.15) is 0 Å². The molecule has 3 rings (SSSR count). The van der Waals surface area contributed by atoms with Gasteiger partial charge >= 0.3 is 6.61 Å². The summed E-state index contributed by atoms with van der Waals surface area (Å²) < 4.78 is 36.2. The molecule has 0 aliphatic heterocycles. The monoisotopic (exact) mass is 400 g/mol. The summed E-state index contributed by atoms with van der Waals surface area (Å²) in [5, 5.41) is 6.77. The molecule has 0 unspecified atom stereocenters. The Morgan fingerprint density at radius 1 is 1.28 bits per heavy atom. The van der Waals surface area contributed by atoms with E-state index in [9.17, 15) is 13.6 Å². The van der Waals surface area contributed by atoms with Gasteiger partial charge in [0, 0.05) is 18.5 Å². The van der Waals surface area contributed by atoms with Crippen LogP contribution in [0.1, 0.15) is 12.5 Å². The first-order chi connectivity index (χ1) is 14.0. The van der Waals surface area contributed by atoms with Crippen LogP contribution in [-0.4, -0.2) is 33.9 Å². The molecule has 0 saturated carbocycles. The Morgan fingerprint density at radius 3 is 2.79 bits per heavy atom. The van der Waals surface area contributed by atoms with Gasteiger partial charge in [0.25, 0.3) is 0 Å². The molecule has 7 nitrogen and oxygen atoms in total. The fraction of sp³-hybridized carbons (Fsp3) is 0.150. The number of alkyl halides is 2. The third-order valence-electron chi connectivity index (χ3n) is 3.67. The van der Waals surface area contributed by atoms with E-state index in [0.717, 1.165) is 0 Å². The first-order valence-electron chi connectivity index (χ1n) is 8.72. The first-order valence-corrected chi connectivity index (χ1v) is 8.72. The van der Waals surface area contributed by atoms with Gasteiger partial charge in [0.05, 0.1) is 18.5 Å². The van der Waals surface area contributed by atoms with Crippen LogP contribution in [0.2, 0.25) is 0 Å². The second-order valence-corrected chi connectivity index (χ2v) is 5.70. The molecule has 0 spiro atoms. The number of aromatic nitrogens is 3. The Bertz CT molecular complexity index is 974. The average Bonchev–Trinajstić information content (AvgIpc) is 3.23. The van der Waals surface area contributed by atoms with Crippen LogP contribution in [0.15, 0.2) is 61.1 Å². The van der Waals surface area contributed by atoms with Gasteiger partial charge in [-0.25, -0.2) is 9.67 Å². The zero-order valence-corrected chi connectivity index (χ0v) is 15.5. The van der Waals surface area contributed by atoms with E-state index in [1.807, 2.05) is 0 Å². The van der Waals surface area contributed by atoms with Crippen molar-refractivity contribution >= 4 is 17.7 Å². The molecule has 1 aromatic carbocycles. The zero-order chi connectivity index (χ0) is 20.6. The van der Waals surface area contributed by atoms with E-state index in [1.54, 1.807) is 48.3 Å². The Balaban J connectivity index is 1.64. The van der Waals surface area contributed by atoms with Gasteiger partial charge < -0.3 is 14.8 Å². The van der Waals surface area contributed by atoms with Crippen LogP contribution in [-0.2, 0) is 4.79 Å². The van der Waals surface area contributed by atoms with Crippen LogP contribution >= 0.6 is 0 Å². The number of hydrogen-bond donors (Lipinski definition) is 1. The predicted molar refractivity (Wildman–Crippen MR) is 103 cm³/mol. The second kappa shape index (κ2) is 9.45. The number of halogens is 2. The maximum Gasteiger partial charge on any atom is 0.387 e. The Hall–Kier alpha value is -3.75. The molecule has 150 valence electrons. The number of carbonyl (C=O) groups is 1. The summed E-state index contributed by atoms with van der Waals surface area (Å²) in [6.45, 7) is -0.933. The summed E-state index contributed by atoms with van der Waals surface area (Å²) in [6, 6.07) is 9.65. The van der Waals surface area contributed by atoms with E-state index in [2.05, 4.69) is 20.1 Å². The number of rotatable bonds is 8. The summed E-state index contributed by atoms with van der Waals surface area (Å²) in [5.74, 6) is 0.364. The quantitative estimate of drug-likeness (QED) is 0.580. The van der Waals surface area contributed by atoms with Crippen LogP contribution in [0.3, 0.4) is 0 Å². The Kier molecular flexibility index (Phi) is 6.51. The van der Waals surface area contributed by atoms with Crippen LogP contribution in [0.5, 0.6) is 11.5 Å². The number of nitrogens with zero attached hydrogens (tertiary/aromatic N) is 3. The molecule has 29 heavy (non-hydrogen) atoms. The third-order valence-corrected chi connectivity index (χ3v) is 3.67. The van der Waals surface area contributed by atoms with Crippen molar-refractivity contribution in [3.05, 3.63) is 66.6 Å². The predicted octanol–water partition coefficient (Wildman–Crippen LogP) is 3.92. The lowest BCUT2D eigenvalue weighted by molar-refractivity contribution is -0.111. The molecule has 9 heteroatoms. The maximum atomic E-state index is 12.5. The van der Waals surface area contributed by atoms with Crippen molar-refractivity contribution in [2.75, 3.05) is 11.9 Å². The highest BCUT2D eigenvalue weighted by Gasteiger charge is 2.11. The highest BCUT2D eigenvalue weighted by Crippen LogP contribution is 2.30. The molecule has 1 N–H and O–H groups in total. The van der Waals surface area contributed by atoms with Gasteiger partial charge in [0.2, 0.25) is 5.91 Å². The topological polar surface area (TPSA) is 78.3 Å². The van der Waals surface area contributed by atoms with E-state index in [4.69, 9.17) is 4.74 Å². The molecule has 2 heterocycles. The smallest absolute Gasteiger partial charge is 0.387 e. The molecule has 1 amide bonds. The van der Waals surface area contributed by atoms with E-state index >= 15 is 0 Å². The fourth-order valence-electron chi connectivity index (χ4n) is 2.45. The summed E-state index contributed by atoms with van der Waals surface area (Å²) in [4.78, 5) is 16.4. The SMILES string of the molecule is CCOc1cc(C=CC(=O)Nc2ccc(-n3cccn3)nc2)ccc1OC(F)F. The minimum Gasteiger partial charge on any atom is -0.490 e. The minimum atomic E-state index is -2.95. The normalized spacial score (nSPS) is 11.0. The lowest BCUT2D eigenvalue weighted by atomic mass is 10.2. The summed E-state index contributed by atoms with van der Waals surface area (Å²) >= 11 is 0. The van der Waals surface area contributed by atoms with Gasteiger partial charge in [-0.05, 0) is 48.9 Å². The fourth-order valence-corrected chi connectivity index (χ4v) is 2.45. The van der Waals surface area contributed by atoms with E-state index < -0.39 is 6.61 Å². The van der Waals surface area contributed by atoms with Crippen LogP contribution in [0.25, 0.3) is 11.9 Å². The molecule has 0 bridgehead atoms. The summed E-state index contributed by atoms with van der Waals surface area (Å²) in [7, 11) is 0. The lowest BCUT2D eigenvalue weighted by Gasteiger charge is -2.11. The molecule has 0 saturated heterocycles. The van der Waals surface area contributed by atoms with Gasteiger partial charge in [-0.1, -0.05) is 6.07 Å². The van der Waals surface area contributed by atoms with Gasteiger partial charge in [-0.2, -0.15) is 13.9 Å². The van der Waals surface area contributed by atoms with Crippen molar-refractivity contribution in [1.82, 2.24) is 14.8 Å². The minimum absolute atomic E-state index is 0.0632. The Morgan fingerprint density at radius 2 is 2.14 bits per heavy atom. The van der Waals surface area contributed by atoms with Crippen molar-refractivity contribution in [3.63, 3.8) is 0 Å². The first kappa shape index (κ1) is 20.0. The molecule has 0 atom stereocenters. The molecule has 2 aromatic heterocycles.